The standard InChI is InChI=1S/C20H22F2N2O4S/c21-20(22)28-18-9-5-4-8-17(18)19(25)23-14-15-10-12-24(13-11-15)29(26,27)16-6-2-1-3-7-16/h1-9,15,20H,10-14H2,(H,23,25). The summed E-state index contributed by atoms with van der Waals surface area (Å²) in [5.74, 6) is -0.575. The number of benzene rings is 2. The van der Waals surface area contributed by atoms with Crippen LogP contribution in [-0.4, -0.2) is 44.9 Å². The van der Waals surface area contributed by atoms with E-state index >= 15 is 0 Å². The summed E-state index contributed by atoms with van der Waals surface area (Å²) in [6.45, 7) is -1.95. The van der Waals surface area contributed by atoms with E-state index in [4.69, 9.17) is 0 Å². The van der Waals surface area contributed by atoms with Crippen LogP contribution in [0.25, 0.3) is 0 Å². The number of hydrogen-bond acceptors (Lipinski definition) is 4. The first-order valence-electron chi connectivity index (χ1n) is 9.25. The van der Waals surface area contributed by atoms with Gasteiger partial charge in [0.2, 0.25) is 10.0 Å². The molecule has 29 heavy (non-hydrogen) atoms. The second-order valence-electron chi connectivity index (χ2n) is 6.75. The van der Waals surface area contributed by atoms with Crippen LogP contribution in [-0.2, 0) is 10.0 Å². The van der Waals surface area contributed by atoms with Crippen molar-refractivity contribution in [2.75, 3.05) is 19.6 Å². The number of piperidine rings is 1. The van der Waals surface area contributed by atoms with E-state index in [-0.39, 0.29) is 22.1 Å². The highest BCUT2D eigenvalue weighted by Crippen LogP contribution is 2.24. The van der Waals surface area contributed by atoms with Gasteiger partial charge in [-0.15, -0.1) is 0 Å². The Balaban J connectivity index is 1.54. The lowest BCUT2D eigenvalue weighted by Crippen LogP contribution is -2.41. The third kappa shape index (κ3) is 5.30. The highest BCUT2D eigenvalue weighted by atomic mass is 32.2. The van der Waals surface area contributed by atoms with E-state index in [1.807, 2.05) is 0 Å². The molecule has 0 aromatic heterocycles. The molecule has 1 fully saturated rings. The van der Waals surface area contributed by atoms with Crippen molar-refractivity contribution in [2.24, 2.45) is 5.92 Å². The molecule has 1 aliphatic rings. The Bertz CT molecular complexity index is 931. The van der Waals surface area contributed by atoms with E-state index < -0.39 is 22.5 Å². The molecule has 0 bridgehead atoms. The number of sulfonamides is 1. The molecule has 1 heterocycles. The number of para-hydroxylation sites is 1. The van der Waals surface area contributed by atoms with Crippen LogP contribution in [0.15, 0.2) is 59.5 Å². The Morgan fingerprint density at radius 2 is 1.69 bits per heavy atom. The summed E-state index contributed by atoms with van der Waals surface area (Å²) in [6.07, 6.45) is 1.20. The third-order valence-corrected chi connectivity index (χ3v) is 6.77. The fraction of sp³-hybridized carbons (Fsp3) is 0.350. The van der Waals surface area contributed by atoms with Gasteiger partial charge in [0.1, 0.15) is 5.75 Å². The van der Waals surface area contributed by atoms with Crippen LogP contribution >= 0.6 is 0 Å². The molecule has 156 valence electrons. The quantitative estimate of drug-likeness (QED) is 0.741. The minimum absolute atomic E-state index is 0.0388. The Morgan fingerprint density at radius 3 is 2.34 bits per heavy atom. The molecule has 0 radical (unpaired) electrons. The second kappa shape index (κ2) is 9.32. The minimum Gasteiger partial charge on any atom is -0.434 e. The van der Waals surface area contributed by atoms with Crippen molar-refractivity contribution in [3.05, 3.63) is 60.2 Å². The third-order valence-electron chi connectivity index (χ3n) is 4.85. The summed E-state index contributed by atoms with van der Waals surface area (Å²) in [6, 6.07) is 14.1. The lowest BCUT2D eigenvalue weighted by Gasteiger charge is -2.31. The molecule has 2 aromatic carbocycles. The summed E-state index contributed by atoms with van der Waals surface area (Å²) < 4.78 is 56.1. The molecule has 2 aromatic rings. The minimum atomic E-state index is -3.52. The molecule has 0 unspecified atom stereocenters. The molecule has 0 saturated carbocycles. The van der Waals surface area contributed by atoms with Gasteiger partial charge in [0.05, 0.1) is 10.5 Å². The zero-order valence-electron chi connectivity index (χ0n) is 15.6. The molecule has 0 aliphatic carbocycles. The van der Waals surface area contributed by atoms with Gasteiger partial charge >= 0.3 is 6.61 Å². The summed E-state index contributed by atoms with van der Waals surface area (Å²) in [5, 5.41) is 2.74. The van der Waals surface area contributed by atoms with Gasteiger partial charge in [-0.25, -0.2) is 8.42 Å². The van der Waals surface area contributed by atoms with Gasteiger partial charge in [-0.05, 0) is 43.0 Å². The molecule has 6 nitrogen and oxygen atoms in total. The molecule has 1 N–H and O–H groups in total. The van der Waals surface area contributed by atoms with Crippen LogP contribution in [0.4, 0.5) is 8.78 Å². The van der Waals surface area contributed by atoms with Gasteiger partial charge in [-0.3, -0.25) is 4.79 Å². The maximum absolute atomic E-state index is 12.7. The van der Waals surface area contributed by atoms with Gasteiger partial charge in [-0.2, -0.15) is 13.1 Å². The van der Waals surface area contributed by atoms with E-state index in [0.29, 0.717) is 32.5 Å². The smallest absolute Gasteiger partial charge is 0.387 e. The fourth-order valence-electron chi connectivity index (χ4n) is 3.28. The molecule has 9 heteroatoms. The lowest BCUT2D eigenvalue weighted by atomic mass is 9.98. The van der Waals surface area contributed by atoms with E-state index in [0.717, 1.165) is 0 Å². The van der Waals surface area contributed by atoms with E-state index in [2.05, 4.69) is 10.1 Å². The van der Waals surface area contributed by atoms with Gasteiger partial charge < -0.3 is 10.1 Å². The zero-order valence-corrected chi connectivity index (χ0v) is 16.4. The topological polar surface area (TPSA) is 75.7 Å². The molecule has 0 atom stereocenters. The number of rotatable bonds is 7. The van der Waals surface area contributed by atoms with Crippen molar-refractivity contribution < 1.29 is 26.7 Å². The maximum atomic E-state index is 12.7. The first kappa shape index (κ1) is 21.2. The summed E-state index contributed by atoms with van der Waals surface area (Å²) in [4.78, 5) is 12.6. The number of ether oxygens (including phenoxy) is 1. The van der Waals surface area contributed by atoms with Gasteiger partial charge in [-0.1, -0.05) is 30.3 Å². The predicted molar refractivity (Wildman–Crippen MR) is 103 cm³/mol. The number of nitrogens with zero attached hydrogens (tertiary/aromatic N) is 1. The van der Waals surface area contributed by atoms with Crippen LogP contribution in [0, 0.1) is 5.92 Å². The van der Waals surface area contributed by atoms with Crippen molar-refractivity contribution in [2.45, 2.75) is 24.3 Å². The Labute approximate surface area is 168 Å². The number of hydrogen-bond donors (Lipinski definition) is 1. The molecule has 3 rings (SSSR count). The first-order chi connectivity index (χ1) is 13.9. The second-order valence-corrected chi connectivity index (χ2v) is 8.68. The highest BCUT2D eigenvalue weighted by molar-refractivity contribution is 7.89. The number of amides is 1. The average Bonchev–Trinajstić information content (AvgIpc) is 2.73. The molecule has 1 aliphatic heterocycles. The van der Waals surface area contributed by atoms with E-state index in [1.54, 1.807) is 36.4 Å². The monoisotopic (exact) mass is 424 g/mol. The van der Waals surface area contributed by atoms with Crippen molar-refractivity contribution in [3.8, 4) is 5.75 Å². The van der Waals surface area contributed by atoms with Crippen LogP contribution < -0.4 is 10.1 Å². The fourth-order valence-corrected chi connectivity index (χ4v) is 4.77. The molecular formula is C20H22F2N2O4S. The van der Waals surface area contributed by atoms with Crippen molar-refractivity contribution in [1.29, 1.82) is 0 Å². The molecule has 0 spiro atoms. The first-order valence-corrected chi connectivity index (χ1v) is 10.7. The van der Waals surface area contributed by atoms with Gasteiger partial charge in [0.15, 0.2) is 0 Å². The summed E-state index contributed by atoms with van der Waals surface area (Å²) in [7, 11) is -3.52. The van der Waals surface area contributed by atoms with Gasteiger partial charge in [0, 0.05) is 19.6 Å². The number of carbonyl (C=O) groups excluding carboxylic acids is 1. The van der Waals surface area contributed by atoms with Crippen LogP contribution in [0.1, 0.15) is 23.2 Å². The average molecular weight is 424 g/mol. The Morgan fingerprint density at radius 1 is 1.07 bits per heavy atom. The van der Waals surface area contributed by atoms with Crippen LogP contribution in [0.2, 0.25) is 0 Å². The number of halogens is 2. The van der Waals surface area contributed by atoms with Crippen molar-refractivity contribution in [3.63, 3.8) is 0 Å². The SMILES string of the molecule is O=C(NCC1CCN(S(=O)(=O)c2ccccc2)CC1)c1ccccc1OC(F)F. The number of nitrogens with one attached hydrogen (secondary N) is 1. The predicted octanol–water partition coefficient (Wildman–Crippen LogP) is 3.12. The maximum Gasteiger partial charge on any atom is 0.387 e. The highest BCUT2D eigenvalue weighted by Gasteiger charge is 2.29. The lowest BCUT2D eigenvalue weighted by molar-refractivity contribution is -0.0501. The largest absolute Gasteiger partial charge is 0.434 e. The Hall–Kier alpha value is -2.52. The molecule has 1 amide bonds. The zero-order chi connectivity index (χ0) is 20.9. The number of alkyl halides is 2. The number of carbonyl (C=O) groups is 1. The normalized spacial score (nSPS) is 16.0. The Kier molecular flexibility index (Phi) is 6.81. The van der Waals surface area contributed by atoms with Crippen molar-refractivity contribution >= 4 is 15.9 Å². The van der Waals surface area contributed by atoms with Crippen LogP contribution in [0.3, 0.4) is 0 Å². The van der Waals surface area contributed by atoms with E-state index in [9.17, 15) is 22.0 Å². The molecule has 1 saturated heterocycles. The molecular weight excluding hydrogens is 402 g/mol. The van der Waals surface area contributed by atoms with Crippen LogP contribution in [0.5, 0.6) is 5.75 Å². The summed E-state index contributed by atoms with van der Waals surface area (Å²) in [5.41, 5.74) is 0.0388. The van der Waals surface area contributed by atoms with Gasteiger partial charge in [0.25, 0.3) is 5.91 Å². The van der Waals surface area contributed by atoms with E-state index in [1.165, 1.54) is 22.5 Å². The summed E-state index contributed by atoms with van der Waals surface area (Å²) >= 11 is 0. The van der Waals surface area contributed by atoms with Crippen molar-refractivity contribution in [1.82, 2.24) is 9.62 Å².